The zero-order chi connectivity index (χ0) is 14.0. The van der Waals surface area contributed by atoms with Gasteiger partial charge in [0.15, 0.2) is 0 Å². The van der Waals surface area contributed by atoms with E-state index in [0.717, 1.165) is 25.9 Å². The fourth-order valence-electron chi connectivity index (χ4n) is 2.52. The molecule has 0 N–H and O–H groups in total. The maximum Gasteiger partial charge on any atom is 0.141 e. The molecule has 1 rings (SSSR count). The highest BCUT2D eigenvalue weighted by Gasteiger charge is 2.32. The lowest BCUT2D eigenvalue weighted by atomic mass is 9.79. The van der Waals surface area contributed by atoms with Gasteiger partial charge in [-0.2, -0.15) is 0 Å². The Bertz CT molecular complexity index is 274. The van der Waals surface area contributed by atoms with E-state index in [4.69, 9.17) is 0 Å². The Balaban J connectivity index is 2.35. The van der Waals surface area contributed by atoms with Crippen LogP contribution in [0.25, 0.3) is 0 Å². The lowest BCUT2D eigenvalue weighted by molar-refractivity contribution is -0.131. The second kappa shape index (κ2) is 5.73. The van der Waals surface area contributed by atoms with Gasteiger partial charge in [-0.15, -0.1) is 0 Å². The van der Waals surface area contributed by atoms with E-state index in [0.29, 0.717) is 17.1 Å². The van der Waals surface area contributed by atoms with Crippen molar-refractivity contribution >= 4 is 5.78 Å². The van der Waals surface area contributed by atoms with Crippen LogP contribution in [0.2, 0.25) is 0 Å². The van der Waals surface area contributed by atoms with Gasteiger partial charge in [0.2, 0.25) is 0 Å². The number of hydrogen-bond acceptors (Lipinski definition) is 2. The van der Waals surface area contributed by atoms with Gasteiger partial charge in [0, 0.05) is 11.3 Å². The largest absolute Gasteiger partial charge is 0.303 e. The van der Waals surface area contributed by atoms with Gasteiger partial charge >= 0.3 is 0 Å². The summed E-state index contributed by atoms with van der Waals surface area (Å²) in [5.41, 5.74) is 0.246. The van der Waals surface area contributed by atoms with Crippen molar-refractivity contribution < 1.29 is 4.79 Å². The third-order valence-electron chi connectivity index (χ3n) is 3.88. The maximum absolute atomic E-state index is 12.2. The minimum Gasteiger partial charge on any atom is -0.303 e. The first-order valence-corrected chi connectivity index (χ1v) is 7.36. The summed E-state index contributed by atoms with van der Waals surface area (Å²) in [6, 6.07) is 0. The predicted molar refractivity (Wildman–Crippen MR) is 77.7 cm³/mol. The zero-order valence-electron chi connectivity index (χ0n) is 13.2. The standard InChI is InChI=1S/C16H31NO/c1-15(2,3)9-12-17-10-7-13(8-11-17)14(18)16(4,5)6/h13H,7-12H2,1-6H3. The van der Waals surface area contributed by atoms with E-state index in [2.05, 4.69) is 25.7 Å². The van der Waals surface area contributed by atoms with Gasteiger partial charge in [-0.3, -0.25) is 4.79 Å². The fourth-order valence-corrected chi connectivity index (χ4v) is 2.52. The Hall–Kier alpha value is -0.370. The second-order valence-corrected chi connectivity index (χ2v) is 8.04. The minimum atomic E-state index is -0.168. The number of carbonyl (C=O) groups excluding carboxylic acids is 1. The average molecular weight is 253 g/mol. The summed E-state index contributed by atoms with van der Waals surface area (Å²) in [7, 11) is 0. The van der Waals surface area contributed by atoms with Crippen molar-refractivity contribution in [3.63, 3.8) is 0 Å². The highest BCUT2D eigenvalue weighted by atomic mass is 16.1. The molecule has 0 aromatic carbocycles. The molecule has 1 saturated heterocycles. The molecule has 0 bridgehead atoms. The van der Waals surface area contributed by atoms with Crippen LogP contribution in [0.4, 0.5) is 0 Å². The molecule has 1 aliphatic rings. The number of likely N-dealkylation sites (tertiary alicyclic amines) is 1. The second-order valence-electron chi connectivity index (χ2n) is 8.04. The molecule has 0 saturated carbocycles. The fraction of sp³-hybridized carbons (Fsp3) is 0.938. The monoisotopic (exact) mass is 253 g/mol. The molecule has 2 nitrogen and oxygen atoms in total. The lowest BCUT2D eigenvalue weighted by Gasteiger charge is -2.35. The highest BCUT2D eigenvalue weighted by molar-refractivity contribution is 5.86. The normalized spacial score (nSPS) is 20.1. The van der Waals surface area contributed by atoms with Gasteiger partial charge in [-0.05, 0) is 44.3 Å². The molecule has 0 atom stereocenters. The molecule has 0 unspecified atom stereocenters. The molecular formula is C16H31NO. The number of nitrogens with zero attached hydrogens (tertiary/aromatic N) is 1. The smallest absolute Gasteiger partial charge is 0.141 e. The summed E-state index contributed by atoms with van der Waals surface area (Å²) in [5, 5.41) is 0. The first kappa shape index (κ1) is 15.7. The summed E-state index contributed by atoms with van der Waals surface area (Å²) in [6.45, 7) is 16.4. The van der Waals surface area contributed by atoms with E-state index in [1.807, 2.05) is 20.8 Å². The van der Waals surface area contributed by atoms with E-state index >= 15 is 0 Å². The van der Waals surface area contributed by atoms with Gasteiger partial charge in [0.1, 0.15) is 5.78 Å². The van der Waals surface area contributed by atoms with Gasteiger partial charge < -0.3 is 4.90 Å². The van der Waals surface area contributed by atoms with Crippen LogP contribution in [0.3, 0.4) is 0 Å². The Labute approximate surface area is 113 Å². The predicted octanol–water partition coefficient (Wildman–Crippen LogP) is 3.75. The summed E-state index contributed by atoms with van der Waals surface area (Å²) >= 11 is 0. The molecular weight excluding hydrogens is 222 g/mol. The zero-order valence-corrected chi connectivity index (χ0v) is 13.2. The van der Waals surface area contributed by atoms with E-state index in [1.54, 1.807) is 0 Å². The first-order chi connectivity index (χ1) is 8.09. The lowest BCUT2D eigenvalue weighted by Crippen LogP contribution is -2.40. The van der Waals surface area contributed by atoms with Crippen molar-refractivity contribution in [2.45, 2.75) is 60.8 Å². The summed E-state index contributed by atoms with van der Waals surface area (Å²) in [5.74, 6) is 0.758. The van der Waals surface area contributed by atoms with Crippen molar-refractivity contribution in [2.24, 2.45) is 16.7 Å². The number of hydrogen-bond donors (Lipinski definition) is 0. The van der Waals surface area contributed by atoms with Crippen molar-refractivity contribution in [1.82, 2.24) is 4.90 Å². The van der Waals surface area contributed by atoms with E-state index in [9.17, 15) is 4.79 Å². The van der Waals surface area contributed by atoms with Crippen molar-refractivity contribution in [2.75, 3.05) is 19.6 Å². The van der Waals surface area contributed by atoms with Gasteiger partial charge in [-0.25, -0.2) is 0 Å². The summed E-state index contributed by atoms with van der Waals surface area (Å²) in [4.78, 5) is 14.8. The number of Topliss-reactive ketones (excluding diaryl/α,β-unsaturated/α-hetero) is 1. The Morgan fingerprint density at radius 1 is 1.06 bits per heavy atom. The van der Waals surface area contributed by atoms with Crippen molar-refractivity contribution in [1.29, 1.82) is 0 Å². The van der Waals surface area contributed by atoms with Gasteiger partial charge in [-0.1, -0.05) is 41.5 Å². The Morgan fingerprint density at radius 3 is 1.94 bits per heavy atom. The van der Waals surface area contributed by atoms with Crippen LogP contribution in [-0.2, 0) is 4.79 Å². The third kappa shape index (κ3) is 5.09. The average Bonchev–Trinajstić information content (AvgIpc) is 2.24. The molecule has 0 spiro atoms. The quantitative estimate of drug-likeness (QED) is 0.763. The first-order valence-electron chi connectivity index (χ1n) is 7.36. The SMILES string of the molecule is CC(C)(C)CCN1CCC(C(=O)C(C)(C)C)CC1. The van der Waals surface area contributed by atoms with E-state index < -0.39 is 0 Å². The maximum atomic E-state index is 12.2. The molecule has 0 radical (unpaired) electrons. The van der Waals surface area contributed by atoms with E-state index in [1.165, 1.54) is 13.0 Å². The van der Waals surface area contributed by atoms with Gasteiger partial charge in [0.05, 0.1) is 0 Å². The van der Waals surface area contributed by atoms with Crippen LogP contribution in [0.15, 0.2) is 0 Å². The number of carbonyl (C=O) groups is 1. The molecule has 0 aromatic heterocycles. The third-order valence-corrected chi connectivity index (χ3v) is 3.88. The summed E-state index contributed by atoms with van der Waals surface area (Å²) < 4.78 is 0. The van der Waals surface area contributed by atoms with Crippen LogP contribution < -0.4 is 0 Å². The van der Waals surface area contributed by atoms with Crippen molar-refractivity contribution in [3.05, 3.63) is 0 Å². The van der Waals surface area contributed by atoms with Crippen LogP contribution in [-0.4, -0.2) is 30.3 Å². The molecule has 0 aliphatic carbocycles. The van der Waals surface area contributed by atoms with Crippen molar-refractivity contribution in [3.8, 4) is 0 Å². The molecule has 106 valence electrons. The molecule has 1 aliphatic heterocycles. The van der Waals surface area contributed by atoms with Gasteiger partial charge in [0.25, 0.3) is 0 Å². The molecule has 1 heterocycles. The summed E-state index contributed by atoms with van der Waals surface area (Å²) in [6.07, 6.45) is 3.35. The van der Waals surface area contributed by atoms with Crippen LogP contribution in [0.5, 0.6) is 0 Å². The molecule has 2 heteroatoms. The number of rotatable bonds is 3. The molecule has 0 aromatic rings. The molecule has 18 heavy (non-hydrogen) atoms. The number of piperidine rings is 1. The van der Waals surface area contributed by atoms with Crippen LogP contribution in [0, 0.1) is 16.7 Å². The van der Waals surface area contributed by atoms with Crippen LogP contribution >= 0.6 is 0 Å². The molecule has 1 fully saturated rings. The number of ketones is 1. The highest BCUT2D eigenvalue weighted by Crippen LogP contribution is 2.28. The van der Waals surface area contributed by atoms with E-state index in [-0.39, 0.29) is 5.41 Å². The Kier molecular flexibility index (Phi) is 4.99. The Morgan fingerprint density at radius 2 is 1.56 bits per heavy atom. The minimum absolute atomic E-state index is 0.168. The topological polar surface area (TPSA) is 20.3 Å². The van der Waals surface area contributed by atoms with Crippen LogP contribution in [0.1, 0.15) is 60.8 Å². The molecule has 0 amide bonds.